The van der Waals surface area contributed by atoms with Crippen LogP contribution in [0.5, 0.6) is 5.75 Å². The molecule has 1 N–H and O–H groups in total. The SMILES string of the molecule is O=C(c1ccc(OCCCC[S+]([O-])c2nc3ccccc3[nH]2)cc1)N1CCC(N2C(=O)CCc3ccccc32)CC1. The highest BCUT2D eigenvalue weighted by Gasteiger charge is 2.33. The minimum atomic E-state index is -1.17. The van der Waals surface area contributed by atoms with Gasteiger partial charge in [0.25, 0.3) is 5.91 Å². The van der Waals surface area contributed by atoms with E-state index in [4.69, 9.17) is 4.74 Å². The molecule has 3 aromatic carbocycles. The van der Waals surface area contributed by atoms with Crippen molar-refractivity contribution < 1.29 is 18.9 Å². The maximum absolute atomic E-state index is 13.2. The van der Waals surface area contributed by atoms with Gasteiger partial charge in [-0.3, -0.25) is 14.6 Å². The Balaban J connectivity index is 0.941. The molecule has 2 aliphatic rings. The van der Waals surface area contributed by atoms with Crippen LogP contribution in [-0.2, 0) is 22.4 Å². The summed E-state index contributed by atoms with van der Waals surface area (Å²) in [4.78, 5) is 37.3. The lowest BCUT2D eigenvalue weighted by atomic mass is 9.95. The summed E-state index contributed by atoms with van der Waals surface area (Å²) >= 11 is -1.17. The molecule has 212 valence electrons. The van der Waals surface area contributed by atoms with Crippen LogP contribution >= 0.6 is 0 Å². The van der Waals surface area contributed by atoms with Gasteiger partial charge in [-0.05, 0) is 80.1 Å². The number of hydrogen-bond acceptors (Lipinski definition) is 5. The second-order valence-electron chi connectivity index (χ2n) is 10.6. The molecule has 0 radical (unpaired) electrons. The zero-order chi connectivity index (χ0) is 28.2. The molecule has 0 spiro atoms. The molecular formula is C32H34N4O4S. The van der Waals surface area contributed by atoms with E-state index in [2.05, 4.69) is 16.0 Å². The predicted octanol–water partition coefficient (Wildman–Crippen LogP) is 5.11. The van der Waals surface area contributed by atoms with E-state index in [0.717, 1.165) is 48.8 Å². The largest absolute Gasteiger partial charge is 0.609 e. The summed E-state index contributed by atoms with van der Waals surface area (Å²) in [5.74, 6) is 1.42. The zero-order valence-corrected chi connectivity index (χ0v) is 23.8. The number of amides is 2. The van der Waals surface area contributed by atoms with Gasteiger partial charge in [0.1, 0.15) is 11.5 Å². The molecule has 1 unspecified atom stereocenters. The van der Waals surface area contributed by atoms with E-state index < -0.39 is 11.2 Å². The Kier molecular flexibility index (Phi) is 8.25. The fourth-order valence-electron chi connectivity index (χ4n) is 5.72. The maximum atomic E-state index is 13.2. The van der Waals surface area contributed by atoms with Crippen LogP contribution in [0.25, 0.3) is 11.0 Å². The van der Waals surface area contributed by atoms with Crippen molar-refractivity contribution in [2.75, 3.05) is 30.3 Å². The number of likely N-dealkylation sites (tertiary alicyclic amines) is 1. The Morgan fingerprint density at radius 2 is 1.73 bits per heavy atom. The number of hydrogen-bond donors (Lipinski definition) is 1. The average Bonchev–Trinajstić information content (AvgIpc) is 3.46. The smallest absolute Gasteiger partial charge is 0.321 e. The van der Waals surface area contributed by atoms with E-state index in [0.29, 0.717) is 48.3 Å². The standard InChI is InChI=1S/C32H34N4O4S/c37-30-16-13-23-7-1-4-10-29(23)36(30)25-17-19-35(20-18-25)31(38)24-11-14-26(15-12-24)40-21-5-6-22-41(39)32-33-27-8-2-3-9-28(27)34-32/h1-4,7-12,14-15,25H,5-6,13,16-22H2,(H,33,34). The summed E-state index contributed by atoms with van der Waals surface area (Å²) in [6.07, 6.45) is 4.41. The Bertz CT molecular complexity index is 1480. The number of imidazole rings is 1. The molecule has 1 aromatic heterocycles. The van der Waals surface area contributed by atoms with Crippen LogP contribution in [0.2, 0.25) is 0 Å². The number of piperidine rings is 1. The fraction of sp³-hybridized carbons (Fsp3) is 0.344. The van der Waals surface area contributed by atoms with Crippen molar-refractivity contribution in [3.8, 4) is 5.75 Å². The molecule has 2 amide bonds. The number of unbranched alkanes of at least 4 members (excludes halogenated alkanes) is 1. The summed E-state index contributed by atoms with van der Waals surface area (Å²) in [7, 11) is 0. The van der Waals surface area contributed by atoms with Gasteiger partial charge >= 0.3 is 5.16 Å². The van der Waals surface area contributed by atoms with E-state index in [-0.39, 0.29) is 17.9 Å². The summed E-state index contributed by atoms with van der Waals surface area (Å²) in [5.41, 5.74) is 4.61. The second-order valence-corrected chi connectivity index (χ2v) is 12.1. The lowest BCUT2D eigenvalue weighted by Gasteiger charge is -2.41. The van der Waals surface area contributed by atoms with Crippen LogP contribution in [0.4, 0.5) is 5.69 Å². The number of fused-ring (bicyclic) bond motifs is 2. The number of nitrogens with zero attached hydrogens (tertiary/aromatic N) is 3. The quantitative estimate of drug-likeness (QED) is 0.223. The van der Waals surface area contributed by atoms with Gasteiger partial charge in [0.15, 0.2) is 0 Å². The average molecular weight is 571 g/mol. The van der Waals surface area contributed by atoms with E-state index in [1.54, 1.807) is 0 Å². The third kappa shape index (κ3) is 6.11. The first-order valence-electron chi connectivity index (χ1n) is 14.3. The van der Waals surface area contributed by atoms with Crippen LogP contribution < -0.4 is 9.64 Å². The Morgan fingerprint density at radius 3 is 2.54 bits per heavy atom. The van der Waals surface area contributed by atoms with E-state index in [9.17, 15) is 14.1 Å². The van der Waals surface area contributed by atoms with Crippen molar-refractivity contribution >= 4 is 39.7 Å². The molecule has 4 aromatic rings. The molecule has 8 nitrogen and oxygen atoms in total. The minimum absolute atomic E-state index is 0.00781. The molecule has 1 atom stereocenters. The third-order valence-electron chi connectivity index (χ3n) is 7.92. The molecule has 0 saturated carbocycles. The number of anilines is 1. The van der Waals surface area contributed by atoms with Crippen molar-refractivity contribution in [2.45, 2.75) is 49.7 Å². The number of aryl methyl sites for hydroxylation is 1. The van der Waals surface area contributed by atoms with Crippen molar-refractivity contribution in [1.82, 2.24) is 14.9 Å². The monoisotopic (exact) mass is 570 g/mol. The number of aromatic nitrogens is 2. The highest BCUT2D eigenvalue weighted by molar-refractivity contribution is 7.91. The van der Waals surface area contributed by atoms with Gasteiger partial charge in [-0.15, -0.1) is 0 Å². The van der Waals surface area contributed by atoms with E-state index in [1.165, 1.54) is 5.56 Å². The molecular weight excluding hydrogens is 536 g/mol. The number of benzene rings is 3. The highest BCUT2D eigenvalue weighted by Crippen LogP contribution is 2.32. The molecule has 1 saturated heterocycles. The summed E-state index contributed by atoms with van der Waals surface area (Å²) < 4.78 is 18.4. The molecule has 9 heteroatoms. The number of rotatable bonds is 9. The summed E-state index contributed by atoms with van der Waals surface area (Å²) in [6.45, 7) is 1.77. The number of carbonyl (C=O) groups is 2. The molecule has 0 aliphatic carbocycles. The molecule has 0 bridgehead atoms. The Labute approximate surface area is 242 Å². The number of H-pyrrole nitrogens is 1. The molecule has 3 heterocycles. The van der Waals surface area contributed by atoms with Gasteiger partial charge in [-0.1, -0.05) is 30.3 Å². The third-order valence-corrected chi connectivity index (χ3v) is 9.21. The predicted molar refractivity (Wildman–Crippen MR) is 160 cm³/mol. The molecule has 6 rings (SSSR count). The molecule has 2 aliphatic heterocycles. The first-order chi connectivity index (χ1) is 20.1. The van der Waals surface area contributed by atoms with Crippen molar-refractivity contribution in [2.24, 2.45) is 0 Å². The number of para-hydroxylation sites is 3. The lowest BCUT2D eigenvalue weighted by Crippen LogP contribution is -2.50. The second kappa shape index (κ2) is 12.4. The number of carbonyl (C=O) groups excluding carboxylic acids is 2. The van der Waals surface area contributed by atoms with Crippen molar-refractivity contribution in [3.63, 3.8) is 0 Å². The lowest BCUT2D eigenvalue weighted by molar-refractivity contribution is -0.119. The topological polar surface area (TPSA) is 102 Å². The number of aromatic amines is 1. The van der Waals surface area contributed by atoms with Crippen LogP contribution in [0.3, 0.4) is 0 Å². The first kappa shape index (κ1) is 27.4. The van der Waals surface area contributed by atoms with Crippen molar-refractivity contribution in [3.05, 3.63) is 83.9 Å². The normalized spacial score (nSPS) is 16.6. The van der Waals surface area contributed by atoms with Gasteiger partial charge in [0, 0.05) is 48.0 Å². The summed E-state index contributed by atoms with van der Waals surface area (Å²) in [5, 5.41) is 0.516. The number of ether oxygens (including phenoxy) is 1. The number of nitrogens with one attached hydrogen (secondary N) is 1. The first-order valence-corrected chi connectivity index (χ1v) is 15.6. The zero-order valence-electron chi connectivity index (χ0n) is 23.0. The van der Waals surface area contributed by atoms with Crippen LogP contribution in [-0.4, -0.2) is 62.7 Å². The summed E-state index contributed by atoms with van der Waals surface area (Å²) in [6, 6.07) is 23.2. The highest BCUT2D eigenvalue weighted by atomic mass is 32.2. The van der Waals surface area contributed by atoms with Gasteiger partial charge in [0.2, 0.25) is 5.91 Å². The van der Waals surface area contributed by atoms with Gasteiger partial charge in [-0.25, -0.2) is 0 Å². The van der Waals surface area contributed by atoms with Crippen LogP contribution in [0, 0.1) is 0 Å². The molecule has 1 fully saturated rings. The Hall–Kier alpha value is -3.82. The minimum Gasteiger partial charge on any atom is -0.609 e. The Morgan fingerprint density at radius 1 is 0.976 bits per heavy atom. The van der Waals surface area contributed by atoms with E-state index >= 15 is 0 Å². The van der Waals surface area contributed by atoms with Gasteiger partial charge in [0.05, 0.1) is 17.6 Å². The van der Waals surface area contributed by atoms with Gasteiger partial charge < -0.3 is 19.1 Å². The van der Waals surface area contributed by atoms with Crippen molar-refractivity contribution in [1.29, 1.82) is 0 Å². The van der Waals surface area contributed by atoms with Crippen LogP contribution in [0.1, 0.15) is 48.0 Å². The maximum Gasteiger partial charge on any atom is 0.321 e. The fourth-order valence-corrected chi connectivity index (χ4v) is 6.80. The molecule has 41 heavy (non-hydrogen) atoms. The van der Waals surface area contributed by atoms with Crippen LogP contribution in [0.15, 0.2) is 78.0 Å². The van der Waals surface area contributed by atoms with E-state index in [1.807, 2.05) is 76.5 Å². The van der Waals surface area contributed by atoms with Gasteiger partial charge in [-0.2, -0.15) is 4.98 Å².